The molecule has 2 aliphatic carbocycles. The van der Waals surface area contributed by atoms with Crippen LogP contribution in [-0.2, 0) is 0 Å². The molecule has 1 atom stereocenters. The number of hydrogen-bond donors (Lipinski definition) is 2. The summed E-state index contributed by atoms with van der Waals surface area (Å²) in [6, 6.07) is 6.82. The highest BCUT2D eigenvalue weighted by molar-refractivity contribution is 7.80. The highest BCUT2D eigenvalue weighted by atomic mass is 32.1. The zero-order valence-corrected chi connectivity index (χ0v) is 17.4. The number of halogens is 2. The Bertz CT molecular complexity index is 1210. The van der Waals surface area contributed by atoms with Gasteiger partial charge in [0, 0.05) is 28.2 Å². The highest BCUT2D eigenvalue weighted by Gasteiger charge is 2.53. The van der Waals surface area contributed by atoms with Crippen LogP contribution in [0.15, 0.2) is 40.2 Å². The minimum Gasteiger partial charge on any atom is -0.324 e. The summed E-state index contributed by atoms with van der Waals surface area (Å²) in [4.78, 5) is 22.9. The minimum absolute atomic E-state index is 0.0645. The van der Waals surface area contributed by atoms with Crippen LogP contribution in [0.3, 0.4) is 0 Å². The van der Waals surface area contributed by atoms with Crippen LogP contribution in [0, 0.1) is 12.3 Å². The van der Waals surface area contributed by atoms with Gasteiger partial charge in [-0.25, -0.2) is 13.8 Å². The predicted molar refractivity (Wildman–Crippen MR) is 115 cm³/mol. The van der Waals surface area contributed by atoms with Crippen molar-refractivity contribution in [2.75, 3.05) is 5.32 Å². The van der Waals surface area contributed by atoms with Gasteiger partial charge in [-0.1, -0.05) is 6.42 Å². The van der Waals surface area contributed by atoms with Gasteiger partial charge < -0.3 is 5.32 Å². The van der Waals surface area contributed by atoms with E-state index in [2.05, 4.69) is 27.9 Å². The van der Waals surface area contributed by atoms with Crippen molar-refractivity contribution in [3.05, 3.63) is 51.9 Å². The molecule has 5 nitrogen and oxygen atoms in total. The normalized spacial score (nSPS) is 19.7. The van der Waals surface area contributed by atoms with Gasteiger partial charge in [0.05, 0.1) is 5.56 Å². The van der Waals surface area contributed by atoms with Crippen LogP contribution < -0.4 is 10.9 Å². The number of anilines is 2. The van der Waals surface area contributed by atoms with Gasteiger partial charge in [-0.2, -0.15) is 4.98 Å². The molecule has 30 heavy (non-hydrogen) atoms. The largest absolute Gasteiger partial charge is 0.324 e. The van der Waals surface area contributed by atoms with Gasteiger partial charge in [0.2, 0.25) is 5.95 Å². The fourth-order valence-electron chi connectivity index (χ4n) is 4.82. The van der Waals surface area contributed by atoms with Crippen molar-refractivity contribution in [1.82, 2.24) is 14.5 Å². The quantitative estimate of drug-likeness (QED) is 0.533. The molecule has 0 amide bonds. The van der Waals surface area contributed by atoms with E-state index in [0.717, 1.165) is 48.3 Å². The molecule has 2 saturated carbocycles. The first-order valence-electron chi connectivity index (χ1n) is 10.1. The molecule has 3 aromatic rings. The number of pyridine rings is 1. The van der Waals surface area contributed by atoms with Gasteiger partial charge in [-0.05, 0) is 67.9 Å². The van der Waals surface area contributed by atoms with E-state index in [1.165, 1.54) is 16.8 Å². The smallest absolute Gasteiger partial charge is 0.269 e. The van der Waals surface area contributed by atoms with Crippen molar-refractivity contribution in [3.8, 4) is 0 Å². The molecule has 5 rings (SSSR count). The van der Waals surface area contributed by atoms with Gasteiger partial charge in [-0.3, -0.25) is 9.36 Å². The standard InChI is InChI=1S/C22H22F2N4OS/c1-12-9-14(30)4-5-16(12)26-21-25-11-13-10-15(18(23)24)20(29)28(19(13)27-21)17-3-2-6-22(17)7-8-22/h4-5,9-11,17-18,30H,2-3,6-8H2,1H3,(H,25,26,27). The van der Waals surface area contributed by atoms with Crippen LogP contribution in [0.4, 0.5) is 20.4 Å². The average Bonchev–Trinajstić information content (AvgIpc) is 3.36. The van der Waals surface area contributed by atoms with E-state index in [1.54, 1.807) is 0 Å². The Kier molecular flexibility index (Phi) is 4.57. The maximum Gasteiger partial charge on any atom is 0.269 e. The summed E-state index contributed by atoms with van der Waals surface area (Å²) in [6.07, 6.45) is 3.62. The lowest BCUT2D eigenvalue weighted by Crippen LogP contribution is -2.31. The number of thiol groups is 1. The van der Waals surface area contributed by atoms with Crippen molar-refractivity contribution in [2.24, 2.45) is 5.41 Å². The number of fused-ring (bicyclic) bond motifs is 1. The van der Waals surface area contributed by atoms with Gasteiger partial charge >= 0.3 is 0 Å². The summed E-state index contributed by atoms with van der Waals surface area (Å²) in [5.41, 5.74) is 1.18. The Morgan fingerprint density at radius 1 is 1.27 bits per heavy atom. The Morgan fingerprint density at radius 3 is 2.77 bits per heavy atom. The van der Waals surface area contributed by atoms with E-state index in [1.807, 2.05) is 25.1 Å². The summed E-state index contributed by atoms with van der Waals surface area (Å²) in [5.74, 6) is 0.332. The number of nitrogens with one attached hydrogen (secondary N) is 1. The van der Waals surface area contributed by atoms with Crippen LogP contribution in [0.5, 0.6) is 0 Å². The number of aromatic nitrogens is 3. The molecular weight excluding hydrogens is 406 g/mol. The second kappa shape index (κ2) is 7.04. The summed E-state index contributed by atoms with van der Waals surface area (Å²) in [5, 5.41) is 3.64. The van der Waals surface area contributed by atoms with E-state index in [0.29, 0.717) is 17.0 Å². The minimum atomic E-state index is -2.83. The SMILES string of the molecule is Cc1cc(S)ccc1Nc1ncc2cc(C(F)F)c(=O)n(C3CCCC34CC4)c2n1. The Balaban J connectivity index is 1.66. The molecule has 156 valence electrons. The zero-order chi connectivity index (χ0) is 21.0. The van der Waals surface area contributed by atoms with E-state index in [4.69, 9.17) is 0 Å². The van der Waals surface area contributed by atoms with Crippen LogP contribution >= 0.6 is 12.6 Å². The predicted octanol–water partition coefficient (Wildman–Crippen LogP) is 5.58. The monoisotopic (exact) mass is 428 g/mol. The third-order valence-corrected chi connectivity index (χ3v) is 6.83. The van der Waals surface area contributed by atoms with E-state index >= 15 is 0 Å². The topological polar surface area (TPSA) is 59.8 Å². The van der Waals surface area contributed by atoms with Gasteiger partial charge in [0.15, 0.2) is 0 Å². The van der Waals surface area contributed by atoms with Crippen molar-refractivity contribution >= 4 is 35.3 Å². The van der Waals surface area contributed by atoms with Gasteiger partial charge in [0.25, 0.3) is 12.0 Å². The molecule has 0 saturated heterocycles. The molecule has 1 N–H and O–H groups in total. The van der Waals surface area contributed by atoms with Gasteiger partial charge in [0.1, 0.15) is 5.65 Å². The highest BCUT2D eigenvalue weighted by Crippen LogP contribution is 2.63. The fourth-order valence-corrected chi connectivity index (χ4v) is 5.09. The van der Waals surface area contributed by atoms with E-state index in [9.17, 15) is 13.6 Å². The lowest BCUT2D eigenvalue weighted by Gasteiger charge is -2.24. The summed E-state index contributed by atoms with van der Waals surface area (Å²) in [7, 11) is 0. The molecule has 2 heterocycles. The first-order chi connectivity index (χ1) is 14.4. The molecule has 2 aromatic heterocycles. The van der Waals surface area contributed by atoms with Crippen LogP contribution in [0.1, 0.15) is 55.7 Å². The third-order valence-electron chi connectivity index (χ3n) is 6.56. The van der Waals surface area contributed by atoms with Crippen molar-refractivity contribution in [2.45, 2.75) is 56.4 Å². The molecule has 2 aliphatic rings. The number of aryl methyl sites for hydroxylation is 1. The summed E-state index contributed by atoms with van der Waals surface area (Å²) >= 11 is 4.34. The maximum absolute atomic E-state index is 13.6. The Morgan fingerprint density at radius 2 is 2.07 bits per heavy atom. The first-order valence-corrected chi connectivity index (χ1v) is 10.6. The summed E-state index contributed by atoms with van der Waals surface area (Å²) < 4.78 is 28.7. The number of hydrogen-bond acceptors (Lipinski definition) is 5. The van der Waals surface area contributed by atoms with Crippen LogP contribution in [0.25, 0.3) is 11.0 Å². The zero-order valence-electron chi connectivity index (χ0n) is 16.5. The number of alkyl halides is 2. The molecule has 1 unspecified atom stereocenters. The van der Waals surface area contributed by atoms with Crippen molar-refractivity contribution in [3.63, 3.8) is 0 Å². The summed E-state index contributed by atoms with van der Waals surface area (Å²) in [6.45, 7) is 1.95. The second-order valence-corrected chi connectivity index (χ2v) is 8.96. The number of benzene rings is 1. The molecule has 0 bridgehead atoms. The molecule has 1 aromatic carbocycles. The molecule has 2 fully saturated rings. The lowest BCUT2D eigenvalue weighted by atomic mass is 9.99. The van der Waals surface area contributed by atoms with E-state index in [-0.39, 0.29) is 11.5 Å². The number of nitrogens with zero attached hydrogens (tertiary/aromatic N) is 3. The second-order valence-electron chi connectivity index (χ2n) is 8.44. The third kappa shape index (κ3) is 3.17. The van der Waals surface area contributed by atoms with E-state index < -0.39 is 17.5 Å². The van der Waals surface area contributed by atoms with Crippen molar-refractivity contribution < 1.29 is 8.78 Å². The Hall–Kier alpha value is -2.48. The Labute approximate surface area is 178 Å². The molecule has 1 spiro atoms. The van der Waals surface area contributed by atoms with Crippen LogP contribution in [0.2, 0.25) is 0 Å². The molecule has 0 aliphatic heterocycles. The van der Waals surface area contributed by atoms with Crippen molar-refractivity contribution in [1.29, 1.82) is 0 Å². The van der Waals surface area contributed by atoms with Crippen LogP contribution in [-0.4, -0.2) is 14.5 Å². The molecule has 8 heteroatoms. The fraction of sp³-hybridized carbons (Fsp3) is 0.409. The van der Waals surface area contributed by atoms with Gasteiger partial charge in [-0.15, -0.1) is 12.6 Å². The molecular formula is C22H22F2N4OS. The maximum atomic E-state index is 13.6. The lowest BCUT2D eigenvalue weighted by molar-refractivity contribution is 0.148. The first kappa shape index (κ1) is 19.5. The molecule has 0 radical (unpaired) electrons. The number of rotatable bonds is 4. The average molecular weight is 429 g/mol.